The number of piperidine rings is 1. The molecule has 17 heavy (non-hydrogen) atoms. The Morgan fingerprint density at radius 1 is 1.47 bits per heavy atom. The van der Waals surface area contributed by atoms with Crippen LogP contribution < -0.4 is 4.74 Å². The Bertz CT molecular complexity index is 380. The minimum atomic E-state index is 0.645. The van der Waals surface area contributed by atoms with Crippen molar-refractivity contribution in [2.75, 3.05) is 20.2 Å². The number of aryl methyl sites for hydroxylation is 1. The third kappa shape index (κ3) is 3.46. The fraction of sp³-hybridized carbons (Fsp3) is 0.571. The highest BCUT2D eigenvalue weighted by molar-refractivity contribution is 9.09. The van der Waals surface area contributed by atoms with Crippen molar-refractivity contribution >= 4 is 15.9 Å². The summed E-state index contributed by atoms with van der Waals surface area (Å²) in [6, 6.07) is 6.41. The van der Waals surface area contributed by atoms with Gasteiger partial charge < -0.3 is 4.74 Å². The van der Waals surface area contributed by atoms with Crippen molar-refractivity contribution in [3.8, 4) is 5.75 Å². The van der Waals surface area contributed by atoms with E-state index in [0.29, 0.717) is 4.83 Å². The largest absolute Gasteiger partial charge is 0.496 e. The van der Waals surface area contributed by atoms with E-state index in [1.165, 1.54) is 30.5 Å². The molecule has 0 bridgehead atoms. The van der Waals surface area contributed by atoms with Crippen LogP contribution in [0.15, 0.2) is 18.2 Å². The summed E-state index contributed by atoms with van der Waals surface area (Å²) in [7, 11) is 1.75. The first kappa shape index (κ1) is 12.9. The molecule has 0 spiro atoms. The number of benzene rings is 1. The quantitative estimate of drug-likeness (QED) is 0.793. The normalized spacial score (nSPS) is 21.5. The van der Waals surface area contributed by atoms with E-state index in [1.54, 1.807) is 7.11 Å². The van der Waals surface area contributed by atoms with E-state index < -0.39 is 0 Å². The van der Waals surface area contributed by atoms with Gasteiger partial charge in [0.25, 0.3) is 0 Å². The Kier molecular flexibility index (Phi) is 4.46. The molecule has 0 saturated carbocycles. The summed E-state index contributed by atoms with van der Waals surface area (Å²) in [6.07, 6.45) is 2.57. The molecule has 0 aliphatic carbocycles. The summed E-state index contributed by atoms with van der Waals surface area (Å²) < 4.78 is 5.43. The van der Waals surface area contributed by atoms with Gasteiger partial charge in [-0.05, 0) is 32.4 Å². The maximum Gasteiger partial charge on any atom is 0.123 e. The second-order valence-electron chi connectivity index (χ2n) is 4.79. The number of hydrogen-bond acceptors (Lipinski definition) is 2. The smallest absolute Gasteiger partial charge is 0.123 e. The van der Waals surface area contributed by atoms with Crippen LogP contribution in [0.4, 0.5) is 0 Å². The van der Waals surface area contributed by atoms with Crippen LogP contribution in [0.2, 0.25) is 0 Å². The minimum absolute atomic E-state index is 0.645. The number of methoxy groups -OCH3 is 1. The van der Waals surface area contributed by atoms with Crippen molar-refractivity contribution in [3.05, 3.63) is 29.3 Å². The van der Waals surface area contributed by atoms with Gasteiger partial charge >= 0.3 is 0 Å². The van der Waals surface area contributed by atoms with Gasteiger partial charge in [0, 0.05) is 23.5 Å². The molecule has 0 radical (unpaired) electrons. The fourth-order valence-electron chi connectivity index (χ4n) is 2.41. The Labute approximate surface area is 112 Å². The van der Waals surface area contributed by atoms with E-state index in [2.05, 4.69) is 46.0 Å². The van der Waals surface area contributed by atoms with Crippen LogP contribution in [0, 0.1) is 6.92 Å². The van der Waals surface area contributed by atoms with Crippen LogP contribution in [0.3, 0.4) is 0 Å². The summed E-state index contributed by atoms with van der Waals surface area (Å²) in [4.78, 5) is 3.15. The predicted octanol–water partition coefficient (Wildman–Crippen LogP) is 3.36. The molecule has 1 heterocycles. The molecule has 1 saturated heterocycles. The van der Waals surface area contributed by atoms with Gasteiger partial charge in [-0.25, -0.2) is 0 Å². The summed E-state index contributed by atoms with van der Waals surface area (Å²) in [6.45, 7) is 5.45. The summed E-state index contributed by atoms with van der Waals surface area (Å²) >= 11 is 3.72. The zero-order valence-electron chi connectivity index (χ0n) is 10.6. The van der Waals surface area contributed by atoms with Crippen LogP contribution in [0.5, 0.6) is 5.75 Å². The summed E-state index contributed by atoms with van der Waals surface area (Å²) in [5.41, 5.74) is 2.60. The average molecular weight is 298 g/mol. The molecular weight excluding hydrogens is 278 g/mol. The first-order valence-electron chi connectivity index (χ1n) is 6.19. The topological polar surface area (TPSA) is 12.5 Å². The first-order valence-corrected chi connectivity index (χ1v) is 7.10. The van der Waals surface area contributed by atoms with Gasteiger partial charge in [-0.3, -0.25) is 4.90 Å². The minimum Gasteiger partial charge on any atom is -0.496 e. The third-order valence-electron chi connectivity index (χ3n) is 3.28. The molecule has 0 amide bonds. The molecule has 1 aromatic rings. The molecule has 3 heteroatoms. The van der Waals surface area contributed by atoms with Crippen molar-refractivity contribution in [2.24, 2.45) is 0 Å². The zero-order chi connectivity index (χ0) is 12.3. The van der Waals surface area contributed by atoms with Crippen molar-refractivity contribution in [2.45, 2.75) is 31.1 Å². The molecule has 1 atom stereocenters. The SMILES string of the molecule is COc1ccc(C)cc1CN1CCCC(Br)C1. The standard InChI is InChI=1S/C14H20BrNO/c1-11-5-6-14(17-2)12(8-11)9-16-7-3-4-13(15)10-16/h5-6,8,13H,3-4,7,9-10H2,1-2H3. The molecule has 0 N–H and O–H groups in total. The van der Waals surface area contributed by atoms with E-state index in [-0.39, 0.29) is 0 Å². The lowest BCUT2D eigenvalue weighted by atomic mass is 10.1. The van der Waals surface area contributed by atoms with Gasteiger partial charge in [-0.15, -0.1) is 0 Å². The predicted molar refractivity (Wildman–Crippen MR) is 75.0 cm³/mol. The third-order valence-corrected chi connectivity index (χ3v) is 4.03. The number of nitrogens with zero attached hydrogens (tertiary/aromatic N) is 1. The number of halogens is 1. The van der Waals surface area contributed by atoms with Gasteiger partial charge in [0.1, 0.15) is 5.75 Å². The molecule has 1 fully saturated rings. The highest BCUT2D eigenvalue weighted by Crippen LogP contribution is 2.24. The van der Waals surface area contributed by atoms with Crippen molar-refractivity contribution < 1.29 is 4.74 Å². The second-order valence-corrected chi connectivity index (χ2v) is 6.08. The van der Waals surface area contributed by atoms with Gasteiger partial charge in [0.05, 0.1) is 7.11 Å². The van der Waals surface area contributed by atoms with E-state index in [4.69, 9.17) is 4.74 Å². The molecule has 2 rings (SSSR count). The molecular formula is C14H20BrNO. The second kappa shape index (κ2) is 5.87. The van der Waals surface area contributed by atoms with Gasteiger partial charge in [0.2, 0.25) is 0 Å². The van der Waals surface area contributed by atoms with Crippen molar-refractivity contribution in [1.82, 2.24) is 4.90 Å². The van der Waals surface area contributed by atoms with Crippen molar-refractivity contribution in [1.29, 1.82) is 0 Å². The molecule has 1 unspecified atom stereocenters. The summed E-state index contributed by atoms with van der Waals surface area (Å²) in [5.74, 6) is 1.01. The van der Waals surface area contributed by atoms with Gasteiger partial charge in [-0.1, -0.05) is 33.6 Å². The first-order chi connectivity index (χ1) is 8.19. The van der Waals surface area contributed by atoms with Crippen LogP contribution in [-0.2, 0) is 6.54 Å². The molecule has 1 aromatic carbocycles. The Morgan fingerprint density at radius 3 is 3.00 bits per heavy atom. The molecule has 1 aliphatic heterocycles. The Balaban J connectivity index is 2.08. The van der Waals surface area contributed by atoms with E-state index in [0.717, 1.165) is 18.8 Å². The molecule has 1 aliphatic rings. The Hall–Kier alpha value is -0.540. The fourth-order valence-corrected chi connectivity index (χ4v) is 3.15. The number of ether oxygens (including phenoxy) is 1. The lowest BCUT2D eigenvalue weighted by molar-refractivity contribution is 0.225. The maximum atomic E-state index is 5.43. The highest BCUT2D eigenvalue weighted by Gasteiger charge is 2.18. The monoisotopic (exact) mass is 297 g/mol. The van der Waals surface area contributed by atoms with E-state index in [9.17, 15) is 0 Å². The average Bonchev–Trinajstić information content (AvgIpc) is 2.29. The zero-order valence-corrected chi connectivity index (χ0v) is 12.2. The number of rotatable bonds is 3. The van der Waals surface area contributed by atoms with Crippen LogP contribution >= 0.6 is 15.9 Å². The molecule has 0 aromatic heterocycles. The molecule has 2 nitrogen and oxygen atoms in total. The van der Waals surface area contributed by atoms with Gasteiger partial charge in [0.15, 0.2) is 0 Å². The number of alkyl halides is 1. The van der Waals surface area contributed by atoms with E-state index in [1.807, 2.05) is 0 Å². The molecule has 94 valence electrons. The number of hydrogen-bond donors (Lipinski definition) is 0. The van der Waals surface area contributed by atoms with Crippen LogP contribution in [0.25, 0.3) is 0 Å². The highest BCUT2D eigenvalue weighted by atomic mass is 79.9. The van der Waals surface area contributed by atoms with Gasteiger partial charge in [-0.2, -0.15) is 0 Å². The van der Waals surface area contributed by atoms with Crippen LogP contribution in [0.1, 0.15) is 24.0 Å². The Morgan fingerprint density at radius 2 is 2.29 bits per heavy atom. The van der Waals surface area contributed by atoms with E-state index >= 15 is 0 Å². The maximum absolute atomic E-state index is 5.43. The lowest BCUT2D eigenvalue weighted by Gasteiger charge is -2.30. The summed E-state index contributed by atoms with van der Waals surface area (Å²) in [5, 5.41) is 0. The van der Waals surface area contributed by atoms with Crippen LogP contribution in [-0.4, -0.2) is 29.9 Å². The lowest BCUT2D eigenvalue weighted by Crippen LogP contribution is -2.35. The number of likely N-dealkylation sites (tertiary alicyclic amines) is 1. The van der Waals surface area contributed by atoms with Crippen molar-refractivity contribution in [3.63, 3.8) is 0 Å².